The molecule has 150 valence electrons. The van der Waals surface area contributed by atoms with E-state index in [0.29, 0.717) is 11.3 Å². The molecule has 2 rings (SSSR count). The van der Waals surface area contributed by atoms with Crippen molar-refractivity contribution >= 4 is 17.9 Å². The largest absolute Gasteiger partial charge is 0.459 e. The summed E-state index contributed by atoms with van der Waals surface area (Å²) >= 11 is 0. The zero-order valence-electron chi connectivity index (χ0n) is 16.5. The molecule has 0 radical (unpaired) electrons. The molecule has 27 heavy (non-hydrogen) atoms. The molecule has 2 bridgehead atoms. The lowest BCUT2D eigenvalue weighted by atomic mass is 9.70. The van der Waals surface area contributed by atoms with E-state index in [9.17, 15) is 14.4 Å². The lowest BCUT2D eigenvalue weighted by molar-refractivity contribution is -0.150. The summed E-state index contributed by atoms with van der Waals surface area (Å²) in [5, 5.41) is 0. The maximum Gasteiger partial charge on any atom is 0.330 e. The minimum absolute atomic E-state index is 0.0322. The molecule has 0 heterocycles. The molecule has 0 N–H and O–H groups in total. The van der Waals surface area contributed by atoms with Crippen LogP contribution in [0.3, 0.4) is 0 Å². The zero-order chi connectivity index (χ0) is 20.7. The van der Waals surface area contributed by atoms with E-state index in [4.69, 9.17) is 4.74 Å². The minimum atomic E-state index is -0.537. The Morgan fingerprint density at radius 3 is 1.74 bits per heavy atom. The van der Waals surface area contributed by atoms with E-state index in [1.54, 1.807) is 0 Å². The molecule has 0 aromatic carbocycles. The molecule has 0 aromatic heterocycles. The van der Waals surface area contributed by atoms with Crippen LogP contribution >= 0.6 is 0 Å². The van der Waals surface area contributed by atoms with Crippen molar-refractivity contribution in [2.75, 3.05) is 13.2 Å². The van der Waals surface area contributed by atoms with Crippen LogP contribution in [0.15, 0.2) is 38.0 Å². The van der Waals surface area contributed by atoms with Gasteiger partial charge in [-0.1, -0.05) is 40.5 Å². The maximum atomic E-state index is 11.3. The Balaban J connectivity index is 0.000000279. The third-order valence-corrected chi connectivity index (χ3v) is 6.04. The highest BCUT2D eigenvalue weighted by atomic mass is 16.6. The molecule has 3 unspecified atom stereocenters. The molecule has 0 aromatic rings. The molecular formula is C21H30O6. The van der Waals surface area contributed by atoms with Crippen LogP contribution in [0.4, 0.5) is 0 Å². The highest BCUT2D eigenvalue weighted by Crippen LogP contribution is 2.66. The zero-order valence-corrected chi connectivity index (χ0v) is 16.5. The van der Waals surface area contributed by atoms with Crippen LogP contribution in [0.5, 0.6) is 0 Å². The number of ether oxygens (including phenoxy) is 3. The van der Waals surface area contributed by atoms with E-state index >= 15 is 0 Å². The Bertz CT molecular complexity index is 584. The lowest BCUT2D eigenvalue weighted by Gasteiger charge is -2.38. The van der Waals surface area contributed by atoms with E-state index in [2.05, 4.69) is 50.0 Å². The molecule has 6 heteroatoms. The van der Waals surface area contributed by atoms with Crippen LogP contribution < -0.4 is 0 Å². The Labute approximate surface area is 161 Å². The van der Waals surface area contributed by atoms with E-state index in [-0.39, 0.29) is 30.7 Å². The van der Waals surface area contributed by atoms with E-state index in [0.717, 1.165) is 18.6 Å². The molecular weight excluding hydrogens is 348 g/mol. The first-order chi connectivity index (χ1) is 12.6. The Kier molecular flexibility index (Phi) is 8.00. The molecule has 0 spiro atoms. The number of carbonyl (C=O) groups excluding carboxylic acids is 3. The second-order valence-corrected chi connectivity index (χ2v) is 7.48. The summed E-state index contributed by atoms with van der Waals surface area (Å²) < 4.78 is 14.5. The van der Waals surface area contributed by atoms with Crippen molar-refractivity contribution in [2.24, 2.45) is 16.7 Å². The van der Waals surface area contributed by atoms with Gasteiger partial charge in [-0.25, -0.2) is 14.4 Å². The molecule has 6 nitrogen and oxygen atoms in total. The highest BCUT2D eigenvalue weighted by molar-refractivity contribution is 5.82. The van der Waals surface area contributed by atoms with E-state index in [1.165, 1.54) is 18.9 Å². The van der Waals surface area contributed by atoms with Crippen molar-refractivity contribution in [3.63, 3.8) is 0 Å². The number of rotatable bonds is 7. The van der Waals surface area contributed by atoms with E-state index < -0.39 is 11.9 Å². The fraction of sp³-hybridized carbons (Fsp3) is 0.571. The second-order valence-electron chi connectivity index (χ2n) is 7.48. The lowest BCUT2D eigenvalue weighted by Crippen LogP contribution is -2.38. The predicted molar refractivity (Wildman–Crippen MR) is 102 cm³/mol. The summed E-state index contributed by atoms with van der Waals surface area (Å²) in [5.41, 5.74) is 0.468. The summed E-state index contributed by atoms with van der Waals surface area (Å²) in [4.78, 5) is 32.1. The third-order valence-electron chi connectivity index (χ3n) is 6.04. The predicted octanol–water partition coefficient (Wildman–Crippen LogP) is 3.38. The van der Waals surface area contributed by atoms with Gasteiger partial charge in [-0.05, 0) is 30.6 Å². The molecule has 2 saturated carbocycles. The first-order valence-corrected chi connectivity index (χ1v) is 9.03. The van der Waals surface area contributed by atoms with Gasteiger partial charge in [0, 0.05) is 23.6 Å². The summed E-state index contributed by atoms with van der Waals surface area (Å²) in [7, 11) is 0. The molecule has 2 fully saturated rings. The van der Waals surface area contributed by atoms with Crippen molar-refractivity contribution in [2.45, 2.75) is 46.1 Å². The van der Waals surface area contributed by atoms with Gasteiger partial charge < -0.3 is 14.2 Å². The van der Waals surface area contributed by atoms with Gasteiger partial charge in [0.2, 0.25) is 0 Å². The molecule has 2 aliphatic carbocycles. The van der Waals surface area contributed by atoms with Crippen molar-refractivity contribution in [3.8, 4) is 0 Å². The van der Waals surface area contributed by atoms with Crippen LogP contribution in [0.2, 0.25) is 0 Å². The highest BCUT2D eigenvalue weighted by Gasteiger charge is 2.62. The van der Waals surface area contributed by atoms with Crippen molar-refractivity contribution < 1.29 is 28.6 Å². The van der Waals surface area contributed by atoms with Crippen molar-refractivity contribution in [1.82, 2.24) is 0 Å². The number of hydrogen-bond donors (Lipinski definition) is 0. The van der Waals surface area contributed by atoms with Crippen molar-refractivity contribution in [1.29, 1.82) is 0 Å². The molecule has 3 atom stereocenters. The normalized spacial score (nSPS) is 26.8. The number of esters is 3. The fourth-order valence-corrected chi connectivity index (χ4v) is 3.90. The SMILES string of the molecule is C=CC(=O)OC1CC2CCC1(C)C2(C)C.C=CC(=O)OCCOC(=O)C=C. The van der Waals surface area contributed by atoms with Gasteiger partial charge in [0.05, 0.1) is 0 Å². The first-order valence-electron chi connectivity index (χ1n) is 9.03. The van der Waals surface area contributed by atoms with Crippen LogP contribution in [0, 0.1) is 16.7 Å². The monoisotopic (exact) mass is 378 g/mol. The van der Waals surface area contributed by atoms with Crippen LogP contribution in [0.1, 0.15) is 40.0 Å². The Morgan fingerprint density at radius 2 is 1.41 bits per heavy atom. The summed E-state index contributed by atoms with van der Waals surface area (Å²) in [5.74, 6) is -0.635. The topological polar surface area (TPSA) is 78.9 Å². The quantitative estimate of drug-likeness (QED) is 0.292. The standard InChI is InChI=1S/C13H20O2.C8H10O4/c1-5-11(14)15-10-8-9-6-7-13(10,4)12(9,2)3;1-3-7(9)11-5-6-12-8(10)4-2/h5,9-10H,1,6-8H2,2-4H3;3-4H,1-2,5-6H2. The van der Waals surface area contributed by atoms with Gasteiger partial charge in [0.15, 0.2) is 0 Å². The van der Waals surface area contributed by atoms with Crippen LogP contribution in [0.25, 0.3) is 0 Å². The first kappa shape index (κ1) is 22.7. The number of fused-ring (bicyclic) bond motifs is 2. The van der Waals surface area contributed by atoms with Gasteiger partial charge in [-0.2, -0.15) is 0 Å². The summed E-state index contributed by atoms with van der Waals surface area (Å²) in [6, 6.07) is 0. The maximum absolute atomic E-state index is 11.3. The van der Waals surface area contributed by atoms with Gasteiger partial charge in [-0.15, -0.1) is 0 Å². The average molecular weight is 378 g/mol. The molecule has 0 saturated heterocycles. The summed E-state index contributed by atoms with van der Waals surface area (Å²) in [6.45, 7) is 16.8. The smallest absolute Gasteiger partial charge is 0.330 e. The third kappa shape index (κ3) is 5.31. The summed E-state index contributed by atoms with van der Waals surface area (Å²) in [6.07, 6.45) is 6.93. The van der Waals surface area contributed by atoms with Crippen molar-refractivity contribution in [3.05, 3.63) is 38.0 Å². The average Bonchev–Trinajstić information content (AvgIpc) is 2.98. The van der Waals surface area contributed by atoms with Gasteiger partial charge in [-0.3, -0.25) is 0 Å². The van der Waals surface area contributed by atoms with Gasteiger partial charge >= 0.3 is 17.9 Å². The molecule has 0 amide bonds. The molecule has 2 aliphatic rings. The van der Waals surface area contributed by atoms with Crippen LogP contribution in [-0.2, 0) is 28.6 Å². The number of carbonyl (C=O) groups is 3. The Hall–Kier alpha value is -2.37. The van der Waals surface area contributed by atoms with Crippen LogP contribution in [-0.4, -0.2) is 37.2 Å². The van der Waals surface area contributed by atoms with E-state index in [1.807, 2.05) is 0 Å². The van der Waals surface area contributed by atoms with Gasteiger partial charge in [0.25, 0.3) is 0 Å². The van der Waals surface area contributed by atoms with Gasteiger partial charge in [0.1, 0.15) is 19.3 Å². The number of hydrogen-bond acceptors (Lipinski definition) is 6. The second kappa shape index (κ2) is 9.53. The molecule has 0 aliphatic heterocycles. The Morgan fingerprint density at radius 1 is 0.926 bits per heavy atom. The fourth-order valence-electron chi connectivity index (χ4n) is 3.90. The minimum Gasteiger partial charge on any atom is -0.459 e.